The quantitative estimate of drug-likeness (QED) is 0.825. The molecule has 1 unspecified atom stereocenters. The van der Waals surface area contributed by atoms with Crippen LogP contribution in [0.15, 0.2) is 0 Å². The Hall–Kier alpha value is -0.940. The van der Waals surface area contributed by atoms with Gasteiger partial charge in [-0.15, -0.1) is 0 Å². The number of amides is 1. The number of carbonyl (C=O) groups excluding carboxylic acids is 2. The van der Waals surface area contributed by atoms with E-state index in [1.807, 2.05) is 18.9 Å². The van der Waals surface area contributed by atoms with E-state index >= 15 is 0 Å². The van der Waals surface area contributed by atoms with Gasteiger partial charge >= 0.3 is 0 Å². The Morgan fingerprint density at radius 3 is 2.29 bits per heavy atom. The van der Waals surface area contributed by atoms with E-state index in [0.717, 1.165) is 25.8 Å². The summed E-state index contributed by atoms with van der Waals surface area (Å²) in [5.41, 5.74) is 0. The lowest BCUT2D eigenvalue weighted by molar-refractivity contribution is -0.131. The monoisotopic (exact) mass is 340 g/mol. The molecule has 1 aliphatic rings. The number of hydrogen-bond donors (Lipinski definition) is 2. The molecule has 0 bridgehead atoms. The Morgan fingerprint density at radius 1 is 1.17 bits per heavy atom. The van der Waals surface area contributed by atoms with Gasteiger partial charge in [-0.1, -0.05) is 45.4 Å². The molecule has 1 aliphatic heterocycles. The minimum atomic E-state index is -0.801. The molecular formula is C19H36N2O3. The molecular weight excluding hydrogens is 304 g/mol. The number of aliphatic hydroxyl groups excluding tert-OH is 1. The second-order valence-corrected chi connectivity index (χ2v) is 7.32. The molecule has 3 atom stereocenters. The Labute approximate surface area is 147 Å². The van der Waals surface area contributed by atoms with E-state index in [4.69, 9.17) is 0 Å². The van der Waals surface area contributed by atoms with Crippen molar-refractivity contribution in [3.8, 4) is 0 Å². The van der Waals surface area contributed by atoms with Crippen LogP contribution in [-0.2, 0) is 9.59 Å². The van der Waals surface area contributed by atoms with Crippen LogP contribution in [0.3, 0.4) is 0 Å². The normalized spacial score (nSPS) is 25.0. The highest BCUT2D eigenvalue weighted by molar-refractivity contribution is 5.85. The standard InChI is InChI=1S/C19H36N2O3/c1-15(14-17(23)20-2)19(24)18-16(22)12-10-8-6-4-5-7-9-11-13-21(18)3/h15,18-19,24H,4-14H2,1-3H3,(H,20,23)/t15-,18-,19?/m1/s1. The van der Waals surface area contributed by atoms with Crippen LogP contribution in [0.2, 0.25) is 0 Å². The summed E-state index contributed by atoms with van der Waals surface area (Å²) in [5, 5.41) is 13.3. The molecule has 1 saturated heterocycles. The number of ketones is 1. The molecule has 140 valence electrons. The third kappa shape index (κ3) is 7.31. The molecule has 5 heteroatoms. The average Bonchev–Trinajstić information content (AvgIpc) is 2.57. The van der Waals surface area contributed by atoms with Crippen LogP contribution >= 0.6 is 0 Å². The zero-order chi connectivity index (χ0) is 17.9. The SMILES string of the molecule is CNC(=O)C[C@@H](C)C(O)[C@H]1C(=O)CCCCCCCCCCN1C. The fraction of sp³-hybridized carbons (Fsp3) is 0.895. The summed E-state index contributed by atoms with van der Waals surface area (Å²) in [6.45, 7) is 2.67. The highest BCUT2D eigenvalue weighted by Crippen LogP contribution is 2.20. The number of aliphatic hydroxyl groups is 1. The van der Waals surface area contributed by atoms with Gasteiger partial charge in [0.1, 0.15) is 0 Å². The maximum absolute atomic E-state index is 12.7. The highest BCUT2D eigenvalue weighted by atomic mass is 16.3. The largest absolute Gasteiger partial charge is 0.391 e. The van der Waals surface area contributed by atoms with Gasteiger partial charge in [0.25, 0.3) is 0 Å². The summed E-state index contributed by atoms with van der Waals surface area (Å²) in [5.74, 6) is -0.216. The summed E-state index contributed by atoms with van der Waals surface area (Å²) >= 11 is 0. The lowest BCUT2D eigenvalue weighted by Gasteiger charge is -2.33. The molecule has 1 rings (SSSR count). The van der Waals surface area contributed by atoms with Gasteiger partial charge in [0.15, 0.2) is 5.78 Å². The maximum Gasteiger partial charge on any atom is 0.220 e. The fourth-order valence-corrected chi connectivity index (χ4v) is 3.53. The zero-order valence-corrected chi connectivity index (χ0v) is 15.7. The molecule has 1 heterocycles. The van der Waals surface area contributed by atoms with Crippen LogP contribution in [0.1, 0.15) is 71.1 Å². The lowest BCUT2D eigenvalue weighted by Crippen LogP contribution is -2.50. The number of likely N-dealkylation sites (N-methyl/N-ethyl adjacent to an activating group) is 1. The van der Waals surface area contributed by atoms with Crippen molar-refractivity contribution in [3.63, 3.8) is 0 Å². The number of carbonyl (C=O) groups is 2. The van der Waals surface area contributed by atoms with Gasteiger partial charge in [0, 0.05) is 19.9 Å². The molecule has 1 amide bonds. The first kappa shape index (κ1) is 21.1. The van der Waals surface area contributed by atoms with E-state index in [1.54, 1.807) is 7.05 Å². The first-order chi connectivity index (χ1) is 11.5. The van der Waals surface area contributed by atoms with Crippen LogP contribution in [0.25, 0.3) is 0 Å². The second-order valence-electron chi connectivity index (χ2n) is 7.32. The van der Waals surface area contributed by atoms with Crippen molar-refractivity contribution in [1.29, 1.82) is 0 Å². The number of Topliss-reactive ketones (excluding diaryl/α,β-unsaturated/α-hetero) is 1. The summed E-state index contributed by atoms with van der Waals surface area (Å²) in [7, 11) is 3.52. The fourth-order valence-electron chi connectivity index (χ4n) is 3.53. The molecule has 0 aliphatic carbocycles. The van der Waals surface area contributed by atoms with E-state index in [2.05, 4.69) is 5.32 Å². The Bertz CT molecular complexity index is 387. The molecule has 0 aromatic carbocycles. The molecule has 5 nitrogen and oxygen atoms in total. The Balaban J connectivity index is 2.76. The number of nitrogens with zero attached hydrogens (tertiary/aromatic N) is 1. The summed E-state index contributed by atoms with van der Waals surface area (Å²) in [6, 6.07) is -0.495. The number of hydrogen-bond acceptors (Lipinski definition) is 4. The van der Waals surface area contributed by atoms with Crippen molar-refractivity contribution in [3.05, 3.63) is 0 Å². The van der Waals surface area contributed by atoms with Gasteiger partial charge < -0.3 is 10.4 Å². The lowest BCUT2D eigenvalue weighted by atomic mass is 9.89. The smallest absolute Gasteiger partial charge is 0.220 e. The predicted octanol–water partition coefficient (Wildman–Crippen LogP) is 2.51. The van der Waals surface area contributed by atoms with E-state index < -0.39 is 12.1 Å². The Kier molecular flexibility index (Phi) is 10.2. The highest BCUT2D eigenvalue weighted by Gasteiger charge is 2.34. The Morgan fingerprint density at radius 2 is 1.71 bits per heavy atom. The first-order valence-electron chi connectivity index (χ1n) is 9.59. The third-order valence-corrected chi connectivity index (χ3v) is 5.18. The van der Waals surface area contributed by atoms with Gasteiger partial charge in [0.2, 0.25) is 5.91 Å². The van der Waals surface area contributed by atoms with Crippen LogP contribution in [0, 0.1) is 5.92 Å². The van der Waals surface area contributed by atoms with Crippen LogP contribution in [0.5, 0.6) is 0 Å². The van der Waals surface area contributed by atoms with Gasteiger partial charge in [-0.3, -0.25) is 14.5 Å². The van der Waals surface area contributed by atoms with Crippen LogP contribution < -0.4 is 5.32 Å². The minimum Gasteiger partial charge on any atom is -0.391 e. The number of nitrogens with one attached hydrogen (secondary N) is 1. The van der Waals surface area contributed by atoms with Gasteiger partial charge in [-0.2, -0.15) is 0 Å². The molecule has 0 radical (unpaired) electrons. The van der Waals surface area contributed by atoms with E-state index in [9.17, 15) is 14.7 Å². The van der Waals surface area contributed by atoms with Crippen molar-refractivity contribution in [2.75, 3.05) is 20.6 Å². The van der Waals surface area contributed by atoms with Crippen LogP contribution in [-0.4, -0.2) is 54.5 Å². The van der Waals surface area contributed by atoms with E-state index in [-0.39, 0.29) is 24.0 Å². The summed E-state index contributed by atoms with van der Waals surface area (Å²) in [4.78, 5) is 26.3. The molecule has 24 heavy (non-hydrogen) atoms. The van der Waals surface area contributed by atoms with Crippen LogP contribution in [0.4, 0.5) is 0 Å². The van der Waals surface area contributed by atoms with Gasteiger partial charge in [-0.05, 0) is 32.4 Å². The molecule has 0 aromatic rings. The van der Waals surface area contributed by atoms with Gasteiger partial charge in [0.05, 0.1) is 12.1 Å². The molecule has 1 fully saturated rings. The molecule has 0 aromatic heterocycles. The van der Waals surface area contributed by atoms with E-state index in [0.29, 0.717) is 6.42 Å². The van der Waals surface area contributed by atoms with E-state index in [1.165, 1.54) is 32.1 Å². The maximum atomic E-state index is 12.7. The van der Waals surface area contributed by atoms with Crippen molar-refractivity contribution in [2.24, 2.45) is 5.92 Å². The third-order valence-electron chi connectivity index (χ3n) is 5.18. The van der Waals surface area contributed by atoms with Crippen molar-refractivity contribution in [1.82, 2.24) is 10.2 Å². The first-order valence-corrected chi connectivity index (χ1v) is 9.59. The zero-order valence-electron chi connectivity index (χ0n) is 15.7. The minimum absolute atomic E-state index is 0.0960. The molecule has 2 N–H and O–H groups in total. The summed E-state index contributed by atoms with van der Waals surface area (Å²) < 4.78 is 0. The average molecular weight is 341 g/mol. The predicted molar refractivity (Wildman–Crippen MR) is 96.8 cm³/mol. The molecule has 0 spiro atoms. The molecule has 0 saturated carbocycles. The number of rotatable bonds is 4. The topological polar surface area (TPSA) is 69.6 Å². The van der Waals surface area contributed by atoms with Crippen molar-refractivity contribution >= 4 is 11.7 Å². The summed E-state index contributed by atoms with van der Waals surface area (Å²) in [6.07, 6.45) is 9.19. The second kappa shape index (κ2) is 11.6. The van der Waals surface area contributed by atoms with Crippen molar-refractivity contribution < 1.29 is 14.7 Å². The van der Waals surface area contributed by atoms with Crippen molar-refractivity contribution in [2.45, 2.75) is 83.3 Å². The van der Waals surface area contributed by atoms with Gasteiger partial charge in [-0.25, -0.2) is 0 Å².